The lowest BCUT2D eigenvalue weighted by molar-refractivity contribution is -0.207. The molecule has 8 rings (SSSR count). The zero-order chi connectivity index (χ0) is 27.9. The standard InChI is InChI=1S/C34H29ClN2O4/c1-37-14-13-33-29-22-9-12-26(38)31(29)40-32(33)30-23(16-24(19-36-30)21-7-10-25(35)11-8-21)18-34(33,27(37)17-22)41-28(39)15-20-5-3-2-4-6-20/h2-12,16,19,27,32,38H,13-15,17-18H2,1H3/t27?,32-,33-,34+/m0/s1. The summed E-state index contributed by atoms with van der Waals surface area (Å²) in [6.07, 6.45) is 3.54. The number of likely N-dealkylation sites (N-methyl/N-ethyl adjacent to an activating group) is 1. The smallest absolute Gasteiger partial charge is 0.310 e. The monoisotopic (exact) mass is 564 g/mol. The SMILES string of the molecule is CN1CC[C@]23c4c5ccc(O)c4O[C@H]2c2ncc(-c4ccc(Cl)cc4)cc2C[C@@]3(OC(=O)Cc2ccccc2)C1C5. The van der Waals surface area contributed by atoms with Gasteiger partial charge in [0, 0.05) is 28.8 Å². The van der Waals surface area contributed by atoms with Gasteiger partial charge in [-0.05, 0) is 73.0 Å². The zero-order valence-electron chi connectivity index (χ0n) is 22.6. The Morgan fingerprint density at radius 2 is 1.90 bits per heavy atom. The highest BCUT2D eigenvalue weighted by Crippen LogP contribution is 2.69. The summed E-state index contributed by atoms with van der Waals surface area (Å²) in [7, 11) is 2.12. The molecule has 6 nitrogen and oxygen atoms in total. The minimum absolute atomic E-state index is 0.0580. The second-order valence-electron chi connectivity index (χ2n) is 11.8. The molecule has 3 heterocycles. The number of piperidine rings is 1. The maximum absolute atomic E-state index is 13.8. The Morgan fingerprint density at radius 3 is 2.71 bits per heavy atom. The summed E-state index contributed by atoms with van der Waals surface area (Å²) in [5.74, 6) is 0.376. The van der Waals surface area contributed by atoms with Gasteiger partial charge in [-0.2, -0.15) is 0 Å². The molecule has 7 heteroatoms. The molecule has 0 amide bonds. The molecule has 1 spiro atoms. The number of aromatic nitrogens is 1. The first-order chi connectivity index (χ1) is 19.9. The van der Waals surface area contributed by atoms with Crippen LogP contribution >= 0.6 is 11.6 Å². The predicted molar refractivity (Wildman–Crippen MR) is 155 cm³/mol. The van der Waals surface area contributed by atoms with Crippen molar-refractivity contribution in [1.82, 2.24) is 9.88 Å². The van der Waals surface area contributed by atoms with E-state index in [-0.39, 0.29) is 24.2 Å². The van der Waals surface area contributed by atoms with Crippen molar-refractivity contribution in [2.45, 2.75) is 48.8 Å². The van der Waals surface area contributed by atoms with Crippen LogP contribution in [0, 0.1) is 0 Å². The van der Waals surface area contributed by atoms with E-state index in [2.05, 4.69) is 18.0 Å². The Bertz CT molecular complexity index is 1710. The van der Waals surface area contributed by atoms with Crippen molar-refractivity contribution in [2.75, 3.05) is 13.6 Å². The van der Waals surface area contributed by atoms with E-state index in [1.54, 1.807) is 6.07 Å². The summed E-state index contributed by atoms with van der Waals surface area (Å²) in [4.78, 5) is 21.2. The van der Waals surface area contributed by atoms with E-state index < -0.39 is 17.1 Å². The van der Waals surface area contributed by atoms with E-state index >= 15 is 0 Å². The maximum atomic E-state index is 13.8. The Balaban J connectivity index is 1.33. The molecule has 0 radical (unpaired) electrons. The normalized spacial score (nSPS) is 27.0. The first kappa shape index (κ1) is 24.9. The number of phenols is 1. The molecule has 1 unspecified atom stereocenters. The van der Waals surface area contributed by atoms with Gasteiger partial charge < -0.3 is 14.6 Å². The van der Waals surface area contributed by atoms with Crippen molar-refractivity contribution in [3.8, 4) is 22.6 Å². The number of carbonyl (C=O) groups is 1. The number of hydrogen-bond acceptors (Lipinski definition) is 6. The number of likely N-dealkylation sites (tertiary alicyclic amines) is 1. The Morgan fingerprint density at radius 1 is 1.10 bits per heavy atom. The van der Waals surface area contributed by atoms with Gasteiger partial charge in [0.15, 0.2) is 17.6 Å². The van der Waals surface area contributed by atoms with Crippen molar-refractivity contribution in [2.24, 2.45) is 0 Å². The minimum atomic E-state index is -0.893. The average Bonchev–Trinajstić information content (AvgIpc) is 3.33. The minimum Gasteiger partial charge on any atom is -0.504 e. The molecular formula is C34H29ClN2O4. The molecule has 2 aliphatic heterocycles. The number of halogens is 1. The van der Waals surface area contributed by atoms with E-state index in [1.165, 1.54) is 0 Å². The van der Waals surface area contributed by atoms with Crippen molar-refractivity contribution in [3.05, 3.63) is 112 Å². The molecule has 206 valence electrons. The van der Waals surface area contributed by atoms with Crippen LogP contribution in [0.3, 0.4) is 0 Å². The van der Waals surface area contributed by atoms with Crippen LogP contribution in [0.5, 0.6) is 11.5 Å². The molecule has 0 saturated carbocycles. The fourth-order valence-corrected chi connectivity index (χ4v) is 8.20. The Labute approximate surface area is 243 Å². The molecule has 4 aliphatic rings. The van der Waals surface area contributed by atoms with Gasteiger partial charge in [0.2, 0.25) is 0 Å². The van der Waals surface area contributed by atoms with Crippen LogP contribution in [0.1, 0.15) is 40.5 Å². The molecule has 1 saturated heterocycles. The van der Waals surface area contributed by atoms with E-state index in [0.29, 0.717) is 23.6 Å². The number of rotatable bonds is 4. The highest BCUT2D eigenvalue weighted by molar-refractivity contribution is 6.30. The Kier molecular flexibility index (Phi) is 5.35. The van der Waals surface area contributed by atoms with Crippen LogP contribution < -0.4 is 4.74 Å². The van der Waals surface area contributed by atoms with Gasteiger partial charge in [0.25, 0.3) is 0 Å². The van der Waals surface area contributed by atoms with Gasteiger partial charge in [-0.25, -0.2) is 0 Å². The Hall–Kier alpha value is -3.87. The van der Waals surface area contributed by atoms with Gasteiger partial charge in [-0.1, -0.05) is 60.1 Å². The maximum Gasteiger partial charge on any atom is 0.310 e. The predicted octanol–water partition coefficient (Wildman–Crippen LogP) is 5.82. The molecular weight excluding hydrogens is 536 g/mol. The highest BCUT2D eigenvalue weighted by atomic mass is 35.5. The first-order valence-corrected chi connectivity index (χ1v) is 14.5. The van der Waals surface area contributed by atoms with Crippen molar-refractivity contribution >= 4 is 17.6 Å². The molecule has 2 aliphatic carbocycles. The number of pyridine rings is 1. The lowest BCUT2D eigenvalue weighted by Gasteiger charge is -2.63. The number of benzene rings is 3. The van der Waals surface area contributed by atoms with E-state index in [1.807, 2.05) is 66.9 Å². The molecule has 1 fully saturated rings. The number of ether oxygens (including phenoxy) is 2. The number of esters is 1. The fraction of sp³-hybridized carbons (Fsp3) is 0.294. The van der Waals surface area contributed by atoms with Crippen molar-refractivity contribution < 1.29 is 19.4 Å². The summed E-state index contributed by atoms with van der Waals surface area (Å²) in [6.45, 7) is 0.829. The summed E-state index contributed by atoms with van der Waals surface area (Å²) in [5, 5.41) is 11.7. The summed E-state index contributed by atoms with van der Waals surface area (Å²) < 4.78 is 13.6. The third-order valence-electron chi connectivity index (χ3n) is 9.82. The lowest BCUT2D eigenvalue weighted by atomic mass is 9.48. The number of hydrogen-bond donors (Lipinski definition) is 1. The molecule has 41 heavy (non-hydrogen) atoms. The van der Waals surface area contributed by atoms with Gasteiger partial charge in [-0.3, -0.25) is 14.7 Å². The quantitative estimate of drug-likeness (QED) is 0.315. The van der Waals surface area contributed by atoms with Crippen molar-refractivity contribution in [3.63, 3.8) is 0 Å². The number of aromatic hydroxyl groups is 1. The van der Waals surface area contributed by atoms with Gasteiger partial charge in [0.05, 0.1) is 23.6 Å². The summed E-state index contributed by atoms with van der Waals surface area (Å²) >= 11 is 6.16. The number of carbonyl (C=O) groups excluding carboxylic acids is 1. The van der Waals surface area contributed by atoms with Crippen LogP contribution in [0.2, 0.25) is 5.02 Å². The average molecular weight is 565 g/mol. The van der Waals surface area contributed by atoms with Crippen LogP contribution in [-0.2, 0) is 34.2 Å². The van der Waals surface area contributed by atoms with E-state index in [4.69, 9.17) is 26.1 Å². The van der Waals surface area contributed by atoms with Crippen molar-refractivity contribution in [1.29, 1.82) is 0 Å². The van der Waals surface area contributed by atoms with E-state index in [9.17, 15) is 9.90 Å². The molecule has 3 aromatic carbocycles. The van der Waals surface area contributed by atoms with Gasteiger partial charge in [0.1, 0.15) is 5.60 Å². The van der Waals surface area contributed by atoms with Gasteiger partial charge in [-0.15, -0.1) is 0 Å². The molecule has 1 aromatic heterocycles. The topological polar surface area (TPSA) is 71.9 Å². The molecule has 4 aromatic rings. The second kappa shape index (κ2) is 8.81. The second-order valence-corrected chi connectivity index (χ2v) is 12.3. The zero-order valence-corrected chi connectivity index (χ0v) is 23.4. The van der Waals surface area contributed by atoms with E-state index in [0.717, 1.165) is 52.0 Å². The highest BCUT2D eigenvalue weighted by Gasteiger charge is 2.74. The van der Waals surface area contributed by atoms with Crippen LogP contribution in [0.25, 0.3) is 11.1 Å². The van der Waals surface area contributed by atoms with Gasteiger partial charge >= 0.3 is 5.97 Å². The fourth-order valence-electron chi connectivity index (χ4n) is 8.08. The third-order valence-corrected chi connectivity index (χ3v) is 10.1. The number of fused-ring (bicyclic) bond motifs is 2. The first-order valence-electron chi connectivity index (χ1n) is 14.1. The molecule has 2 bridgehead atoms. The lowest BCUT2D eigenvalue weighted by Crippen LogP contribution is -2.75. The molecule has 1 N–H and O–H groups in total. The van der Waals surface area contributed by atoms with Crippen LogP contribution in [0.15, 0.2) is 79.0 Å². The largest absolute Gasteiger partial charge is 0.504 e. The summed E-state index contributed by atoms with van der Waals surface area (Å²) in [5.41, 5.74) is 5.34. The number of phenolic OH excluding ortho intramolecular Hbond substituents is 1. The number of nitrogens with zero attached hydrogens (tertiary/aromatic N) is 2. The van der Waals surface area contributed by atoms with Crippen LogP contribution in [0.4, 0.5) is 0 Å². The van der Waals surface area contributed by atoms with Crippen LogP contribution in [-0.4, -0.2) is 46.2 Å². The summed E-state index contributed by atoms with van der Waals surface area (Å²) in [6, 6.07) is 23.3. The molecule has 4 atom stereocenters. The third kappa shape index (κ3) is 3.41.